The van der Waals surface area contributed by atoms with Crippen LogP contribution in [-0.4, -0.2) is 35.6 Å². The van der Waals surface area contributed by atoms with Crippen molar-refractivity contribution in [1.82, 2.24) is 20.2 Å². The minimum absolute atomic E-state index is 0.265. The van der Waals surface area contributed by atoms with Crippen LogP contribution in [0.2, 0.25) is 5.02 Å². The lowest BCUT2D eigenvalue weighted by molar-refractivity contribution is 0.506. The van der Waals surface area contributed by atoms with E-state index in [-0.39, 0.29) is 11.2 Å². The molecule has 1 aromatic heterocycles. The van der Waals surface area contributed by atoms with Gasteiger partial charge >= 0.3 is 0 Å². The number of hydrogen-bond donors (Lipinski definition) is 2. The number of aromatic nitrogens is 2. The van der Waals surface area contributed by atoms with E-state index in [4.69, 9.17) is 11.6 Å². The van der Waals surface area contributed by atoms with Crippen molar-refractivity contribution in [2.45, 2.75) is 32.2 Å². The number of guanidine groups is 1. The van der Waals surface area contributed by atoms with Gasteiger partial charge < -0.3 is 15.2 Å². The number of imidazole rings is 1. The quantitative estimate of drug-likeness (QED) is 0.450. The third kappa shape index (κ3) is 5.74. The van der Waals surface area contributed by atoms with Crippen LogP contribution in [0.25, 0.3) is 0 Å². The van der Waals surface area contributed by atoms with Crippen molar-refractivity contribution < 1.29 is 4.39 Å². The summed E-state index contributed by atoms with van der Waals surface area (Å²) in [6.45, 7) is 6.45. The van der Waals surface area contributed by atoms with Crippen LogP contribution in [0.3, 0.4) is 0 Å². The molecular weight excluding hydrogens is 341 g/mol. The monoisotopic (exact) mass is 365 g/mol. The molecule has 7 heteroatoms. The standard InChI is InChI=1S/C18H25ClFN5/c1-18(2,15-6-5-14(20)11-16(15)19)12-24-17(21-3)23-7-4-9-25-10-8-22-13-25/h5-6,8,10-11,13H,4,7,9,12H2,1-3H3,(H2,21,23,24). The summed E-state index contributed by atoms with van der Waals surface area (Å²) in [6, 6.07) is 4.52. The van der Waals surface area contributed by atoms with Crippen LogP contribution in [0.15, 0.2) is 41.9 Å². The Labute approximate surface area is 153 Å². The van der Waals surface area contributed by atoms with Gasteiger partial charge in [0.2, 0.25) is 0 Å². The highest BCUT2D eigenvalue weighted by atomic mass is 35.5. The van der Waals surface area contributed by atoms with Crippen LogP contribution in [0.4, 0.5) is 4.39 Å². The first kappa shape index (κ1) is 19.2. The fraction of sp³-hybridized carbons (Fsp3) is 0.444. The molecule has 25 heavy (non-hydrogen) atoms. The zero-order chi connectivity index (χ0) is 18.3. The lowest BCUT2D eigenvalue weighted by Gasteiger charge is -2.27. The molecule has 0 aliphatic rings. The molecule has 0 amide bonds. The summed E-state index contributed by atoms with van der Waals surface area (Å²) >= 11 is 6.19. The highest BCUT2D eigenvalue weighted by Gasteiger charge is 2.24. The Kier molecular flexibility index (Phi) is 6.82. The van der Waals surface area contributed by atoms with Crippen LogP contribution in [0, 0.1) is 5.82 Å². The van der Waals surface area contributed by atoms with Gasteiger partial charge in [-0.1, -0.05) is 31.5 Å². The van der Waals surface area contributed by atoms with Crippen molar-refractivity contribution in [2.75, 3.05) is 20.1 Å². The van der Waals surface area contributed by atoms with Crippen molar-refractivity contribution in [2.24, 2.45) is 4.99 Å². The van der Waals surface area contributed by atoms with Crippen LogP contribution >= 0.6 is 11.6 Å². The minimum Gasteiger partial charge on any atom is -0.356 e. The first-order valence-electron chi connectivity index (χ1n) is 8.28. The Morgan fingerprint density at radius 2 is 2.16 bits per heavy atom. The average molecular weight is 366 g/mol. The molecule has 1 heterocycles. The first-order chi connectivity index (χ1) is 11.9. The first-order valence-corrected chi connectivity index (χ1v) is 8.66. The Balaban J connectivity index is 1.82. The van der Waals surface area contributed by atoms with Crippen molar-refractivity contribution in [3.63, 3.8) is 0 Å². The summed E-state index contributed by atoms with van der Waals surface area (Å²) < 4.78 is 15.3. The second-order valence-electron chi connectivity index (χ2n) is 6.51. The van der Waals surface area contributed by atoms with Crippen LogP contribution < -0.4 is 10.6 Å². The molecule has 5 nitrogen and oxygen atoms in total. The molecule has 0 aliphatic carbocycles. The fourth-order valence-electron chi connectivity index (χ4n) is 2.55. The smallest absolute Gasteiger partial charge is 0.191 e. The van der Waals surface area contributed by atoms with Gasteiger partial charge in [-0.25, -0.2) is 9.37 Å². The Bertz CT molecular complexity index is 697. The van der Waals surface area contributed by atoms with Crippen LogP contribution in [0.1, 0.15) is 25.8 Å². The number of aryl methyl sites for hydroxylation is 1. The largest absolute Gasteiger partial charge is 0.356 e. The molecule has 0 saturated heterocycles. The Hall–Kier alpha value is -2.08. The summed E-state index contributed by atoms with van der Waals surface area (Å²) in [5.41, 5.74) is 0.637. The van der Waals surface area contributed by atoms with E-state index in [1.807, 2.05) is 17.1 Å². The number of nitrogens with zero attached hydrogens (tertiary/aromatic N) is 3. The predicted molar refractivity (Wildman–Crippen MR) is 101 cm³/mol. The van der Waals surface area contributed by atoms with E-state index in [1.54, 1.807) is 19.3 Å². The molecule has 136 valence electrons. The SMILES string of the molecule is CN=C(NCCCn1ccnc1)NCC(C)(C)c1ccc(F)cc1Cl. The second kappa shape index (κ2) is 8.85. The van der Waals surface area contributed by atoms with Gasteiger partial charge in [0.25, 0.3) is 0 Å². The summed E-state index contributed by atoms with van der Waals surface area (Å²) in [5.74, 6) is 0.407. The van der Waals surface area contributed by atoms with Crippen LogP contribution in [-0.2, 0) is 12.0 Å². The molecule has 0 spiro atoms. The third-order valence-corrected chi connectivity index (χ3v) is 4.34. The number of hydrogen-bond acceptors (Lipinski definition) is 2. The molecule has 0 radical (unpaired) electrons. The van der Waals surface area contributed by atoms with Gasteiger partial charge in [0.1, 0.15) is 5.82 Å². The minimum atomic E-state index is -0.326. The Morgan fingerprint density at radius 3 is 2.80 bits per heavy atom. The number of rotatable bonds is 7. The number of aliphatic imine (C=N–C) groups is 1. The molecule has 2 N–H and O–H groups in total. The normalized spacial score (nSPS) is 12.3. The molecular formula is C18H25ClFN5. The average Bonchev–Trinajstić information content (AvgIpc) is 3.07. The molecule has 0 unspecified atom stereocenters. The molecule has 0 bridgehead atoms. The van der Waals surface area contributed by atoms with Crippen molar-refractivity contribution >= 4 is 17.6 Å². The number of halogens is 2. The lowest BCUT2D eigenvalue weighted by atomic mass is 9.84. The fourth-order valence-corrected chi connectivity index (χ4v) is 2.97. The molecule has 0 saturated carbocycles. The molecule has 0 atom stereocenters. The van der Waals surface area contributed by atoms with Gasteiger partial charge in [-0.3, -0.25) is 4.99 Å². The van der Waals surface area contributed by atoms with Crippen molar-refractivity contribution in [3.8, 4) is 0 Å². The van der Waals surface area contributed by atoms with Gasteiger partial charge in [0, 0.05) is 49.5 Å². The van der Waals surface area contributed by atoms with E-state index < -0.39 is 0 Å². The predicted octanol–water partition coefficient (Wildman–Crippen LogP) is 3.21. The molecule has 2 rings (SSSR count). The van der Waals surface area contributed by atoms with E-state index >= 15 is 0 Å². The summed E-state index contributed by atoms with van der Waals surface area (Å²) in [4.78, 5) is 8.26. The maximum absolute atomic E-state index is 13.2. The molecule has 0 aliphatic heterocycles. The van der Waals surface area contributed by atoms with E-state index in [2.05, 4.69) is 34.5 Å². The van der Waals surface area contributed by atoms with Gasteiger partial charge in [-0.15, -0.1) is 0 Å². The highest BCUT2D eigenvalue weighted by molar-refractivity contribution is 6.31. The molecule has 0 fully saturated rings. The maximum Gasteiger partial charge on any atom is 0.191 e. The number of nitrogens with one attached hydrogen (secondary N) is 2. The van der Waals surface area contributed by atoms with Crippen molar-refractivity contribution in [1.29, 1.82) is 0 Å². The zero-order valence-electron chi connectivity index (χ0n) is 14.9. The van der Waals surface area contributed by atoms with E-state index in [0.717, 1.165) is 31.0 Å². The third-order valence-electron chi connectivity index (χ3n) is 4.03. The topological polar surface area (TPSA) is 54.2 Å². The van der Waals surface area contributed by atoms with Gasteiger partial charge in [0.15, 0.2) is 5.96 Å². The molecule has 1 aromatic carbocycles. The number of benzene rings is 1. The van der Waals surface area contributed by atoms with Crippen molar-refractivity contribution in [3.05, 3.63) is 53.3 Å². The van der Waals surface area contributed by atoms with Gasteiger partial charge in [-0.2, -0.15) is 0 Å². The lowest BCUT2D eigenvalue weighted by Crippen LogP contribution is -2.43. The Morgan fingerprint density at radius 1 is 1.36 bits per heavy atom. The van der Waals surface area contributed by atoms with Gasteiger partial charge in [0.05, 0.1) is 6.33 Å². The van der Waals surface area contributed by atoms with E-state index in [0.29, 0.717) is 11.6 Å². The van der Waals surface area contributed by atoms with Gasteiger partial charge in [-0.05, 0) is 24.1 Å². The highest BCUT2D eigenvalue weighted by Crippen LogP contribution is 2.29. The summed E-state index contributed by atoms with van der Waals surface area (Å²) in [7, 11) is 1.74. The summed E-state index contributed by atoms with van der Waals surface area (Å²) in [6.07, 6.45) is 6.49. The van der Waals surface area contributed by atoms with Crippen LogP contribution in [0.5, 0.6) is 0 Å². The summed E-state index contributed by atoms with van der Waals surface area (Å²) in [5, 5.41) is 7.04. The maximum atomic E-state index is 13.2. The van der Waals surface area contributed by atoms with E-state index in [1.165, 1.54) is 12.1 Å². The van der Waals surface area contributed by atoms with E-state index in [9.17, 15) is 4.39 Å². The zero-order valence-corrected chi connectivity index (χ0v) is 15.6. The molecule has 2 aromatic rings. The second-order valence-corrected chi connectivity index (χ2v) is 6.92.